The van der Waals surface area contributed by atoms with Crippen LogP contribution < -0.4 is 9.47 Å². The van der Waals surface area contributed by atoms with E-state index in [4.69, 9.17) is 4.74 Å². The van der Waals surface area contributed by atoms with Crippen molar-refractivity contribution >= 4 is 5.97 Å². The van der Waals surface area contributed by atoms with Gasteiger partial charge in [0.15, 0.2) is 0 Å². The first-order chi connectivity index (χ1) is 11.3. The minimum atomic E-state index is -4.70. The standard InChI is InChI=1S/C14H12F3N3O4/c1-7-10(14(15,16)17)12(22-2)20-19-11(7)24-9-4-8(5-18-6-9)13(21)23-3/h4-6H,1-3H3. The first kappa shape index (κ1) is 17.4. The Kier molecular flexibility index (Phi) is 4.86. The second kappa shape index (κ2) is 6.69. The largest absolute Gasteiger partial charge is 0.479 e. The number of hydrogen-bond donors (Lipinski definition) is 0. The van der Waals surface area contributed by atoms with E-state index in [1.807, 2.05) is 0 Å². The number of nitrogens with zero attached hydrogens (tertiary/aromatic N) is 3. The molecule has 24 heavy (non-hydrogen) atoms. The number of methoxy groups -OCH3 is 2. The van der Waals surface area contributed by atoms with Crippen LogP contribution in [-0.4, -0.2) is 35.4 Å². The van der Waals surface area contributed by atoms with Crippen molar-refractivity contribution < 1.29 is 32.2 Å². The van der Waals surface area contributed by atoms with Crippen LogP contribution in [0.4, 0.5) is 13.2 Å². The van der Waals surface area contributed by atoms with Crippen molar-refractivity contribution in [1.29, 1.82) is 0 Å². The van der Waals surface area contributed by atoms with Gasteiger partial charge in [-0.05, 0) is 13.0 Å². The predicted octanol–water partition coefficient (Wildman–Crippen LogP) is 2.79. The van der Waals surface area contributed by atoms with Gasteiger partial charge in [-0.1, -0.05) is 0 Å². The van der Waals surface area contributed by atoms with Gasteiger partial charge in [-0.15, -0.1) is 10.2 Å². The number of carbonyl (C=O) groups excluding carboxylic acids is 1. The van der Waals surface area contributed by atoms with Gasteiger partial charge in [-0.3, -0.25) is 4.98 Å². The van der Waals surface area contributed by atoms with Gasteiger partial charge in [0.25, 0.3) is 0 Å². The lowest BCUT2D eigenvalue weighted by Gasteiger charge is -2.15. The lowest BCUT2D eigenvalue weighted by molar-refractivity contribution is -0.139. The third-order valence-corrected chi connectivity index (χ3v) is 2.97. The first-order valence-corrected chi connectivity index (χ1v) is 6.47. The maximum atomic E-state index is 13.2. The summed E-state index contributed by atoms with van der Waals surface area (Å²) in [6.45, 7) is 1.17. The van der Waals surface area contributed by atoms with E-state index < -0.39 is 23.6 Å². The number of alkyl halides is 3. The number of esters is 1. The fraction of sp³-hybridized carbons (Fsp3) is 0.286. The zero-order valence-electron chi connectivity index (χ0n) is 12.8. The van der Waals surface area contributed by atoms with Crippen LogP contribution >= 0.6 is 0 Å². The lowest BCUT2D eigenvalue weighted by Crippen LogP contribution is -2.13. The van der Waals surface area contributed by atoms with Crippen LogP contribution in [-0.2, 0) is 10.9 Å². The van der Waals surface area contributed by atoms with Crippen LogP contribution in [0.2, 0.25) is 0 Å². The second-order valence-corrected chi connectivity index (χ2v) is 4.52. The summed E-state index contributed by atoms with van der Waals surface area (Å²) >= 11 is 0. The Morgan fingerprint density at radius 2 is 1.79 bits per heavy atom. The van der Waals surface area contributed by atoms with E-state index in [0.29, 0.717) is 0 Å². The fourth-order valence-electron chi connectivity index (χ4n) is 1.87. The molecule has 0 spiro atoms. The van der Waals surface area contributed by atoms with Crippen molar-refractivity contribution in [2.24, 2.45) is 0 Å². The summed E-state index contributed by atoms with van der Waals surface area (Å²) in [6, 6.07) is 1.26. The van der Waals surface area contributed by atoms with Gasteiger partial charge >= 0.3 is 12.1 Å². The molecule has 0 amide bonds. The van der Waals surface area contributed by atoms with Crippen molar-refractivity contribution in [3.63, 3.8) is 0 Å². The maximum absolute atomic E-state index is 13.2. The van der Waals surface area contributed by atoms with Crippen molar-refractivity contribution in [2.75, 3.05) is 14.2 Å². The van der Waals surface area contributed by atoms with Gasteiger partial charge in [0.05, 0.1) is 26.0 Å². The number of pyridine rings is 1. The molecule has 2 rings (SSSR count). The van der Waals surface area contributed by atoms with E-state index in [9.17, 15) is 18.0 Å². The van der Waals surface area contributed by atoms with Gasteiger partial charge in [0.1, 0.15) is 11.3 Å². The van der Waals surface area contributed by atoms with Crippen molar-refractivity contribution in [1.82, 2.24) is 15.2 Å². The molecule has 0 bridgehead atoms. The number of rotatable bonds is 4. The number of carbonyl (C=O) groups is 1. The minimum Gasteiger partial charge on any atom is -0.479 e. The van der Waals surface area contributed by atoms with Gasteiger partial charge < -0.3 is 14.2 Å². The highest BCUT2D eigenvalue weighted by atomic mass is 19.4. The Labute approximate surface area is 134 Å². The number of halogens is 3. The molecule has 0 atom stereocenters. The quantitative estimate of drug-likeness (QED) is 0.789. The van der Waals surface area contributed by atoms with Crippen LogP contribution in [0.15, 0.2) is 18.5 Å². The zero-order valence-corrected chi connectivity index (χ0v) is 12.8. The highest BCUT2D eigenvalue weighted by Gasteiger charge is 2.39. The molecule has 0 aliphatic rings. The first-order valence-electron chi connectivity index (χ1n) is 6.47. The average molecular weight is 343 g/mol. The normalized spacial score (nSPS) is 11.1. The van der Waals surface area contributed by atoms with Gasteiger partial charge in [0.2, 0.25) is 11.8 Å². The minimum absolute atomic E-state index is 0.00795. The van der Waals surface area contributed by atoms with Crippen LogP contribution in [0.5, 0.6) is 17.5 Å². The Hall–Kier alpha value is -2.91. The highest BCUT2D eigenvalue weighted by molar-refractivity contribution is 5.89. The summed E-state index contributed by atoms with van der Waals surface area (Å²) in [6.07, 6.45) is -2.26. The molecule has 0 N–H and O–H groups in total. The molecule has 0 aromatic carbocycles. The van der Waals surface area contributed by atoms with Gasteiger partial charge in [0, 0.05) is 11.8 Å². The zero-order chi connectivity index (χ0) is 17.9. The molecule has 0 unspecified atom stereocenters. The van der Waals surface area contributed by atoms with Crippen molar-refractivity contribution in [3.8, 4) is 17.5 Å². The molecular weight excluding hydrogens is 331 g/mol. The van der Waals surface area contributed by atoms with E-state index >= 15 is 0 Å². The second-order valence-electron chi connectivity index (χ2n) is 4.52. The molecule has 7 nitrogen and oxygen atoms in total. The van der Waals surface area contributed by atoms with Crippen LogP contribution in [0.3, 0.4) is 0 Å². The summed E-state index contributed by atoms with van der Waals surface area (Å²) in [4.78, 5) is 15.2. The van der Waals surface area contributed by atoms with E-state index in [1.165, 1.54) is 32.5 Å². The van der Waals surface area contributed by atoms with Crippen LogP contribution in [0.25, 0.3) is 0 Å². The van der Waals surface area contributed by atoms with Crippen LogP contribution in [0.1, 0.15) is 21.5 Å². The molecule has 128 valence electrons. The van der Waals surface area contributed by atoms with Crippen molar-refractivity contribution in [3.05, 3.63) is 35.2 Å². The van der Waals surface area contributed by atoms with E-state index in [2.05, 4.69) is 24.7 Å². The SMILES string of the molecule is COC(=O)c1cncc(Oc2nnc(OC)c(C(F)(F)F)c2C)c1. The smallest absolute Gasteiger partial charge is 0.422 e. The van der Waals surface area contributed by atoms with Crippen molar-refractivity contribution in [2.45, 2.75) is 13.1 Å². The summed E-state index contributed by atoms with van der Waals surface area (Å²) < 4.78 is 53.9. The molecule has 2 aromatic rings. The monoisotopic (exact) mass is 343 g/mol. The molecule has 10 heteroatoms. The summed E-state index contributed by atoms with van der Waals surface area (Å²) in [5.41, 5.74) is -1.32. The lowest BCUT2D eigenvalue weighted by atomic mass is 10.1. The molecule has 0 saturated heterocycles. The molecule has 0 fully saturated rings. The van der Waals surface area contributed by atoms with E-state index in [1.54, 1.807) is 0 Å². The summed E-state index contributed by atoms with van der Waals surface area (Å²) in [7, 11) is 2.24. The predicted molar refractivity (Wildman–Crippen MR) is 74.0 cm³/mol. The Morgan fingerprint density at radius 1 is 1.12 bits per heavy atom. The molecule has 0 saturated carbocycles. The summed E-state index contributed by atoms with van der Waals surface area (Å²) in [5, 5.41) is 6.94. The molecule has 0 aliphatic carbocycles. The number of ether oxygens (including phenoxy) is 3. The average Bonchev–Trinajstić information content (AvgIpc) is 2.54. The Morgan fingerprint density at radius 3 is 2.38 bits per heavy atom. The Bertz CT molecular complexity index is 765. The molecule has 0 radical (unpaired) electrons. The number of aromatic nitrogens is 3. The topological polar surface area (TPSA) is 83.4 Å². The molecular formula is C14H12F3N3O4. The number of hydrogen-bond acceptors (Lipinski definition) is 7. The third kappa shape index (κ3) is 3.53. The highest BCUT2D eigenvalue weighted by Crippen LogP contribution is 2.40. The van der Waals surface area contributed by atoms with Gasteiger partial charge in [-0.25, -0.2) is 4.79 Å². The van der Waals surface area contributed by atoms with E-state index in [-0.39, 0.29) is 22.8 Å². The van der Waals surface area contributed by atoms with E-state index in [0.717, 1.165) is 7.11 Å². The van der Waals surface area contributed by atoms with Crippen LogP contribution in [0, 0.1) is 6.92 Å². The fourth-order valence-corrected chi connectivity index (χ4v) is 1.87. The molecule has 2 aromatic heterocycles. The van der Waals surface area contributed by atoms with Gasteiger partial charge in [-0.2, -0.15) is 13.2 Å². The molecule has 0 aliphatic heterocycles. The molecule has 2 heterocycles. The Balaban J connectivity index is 2.43. The third-order valence-electron chi connectivity index (χ3n) is 2.97. The summed E-state index contributed by atoms with van der Waals surface area (Å²) in [5.74, 6) is -1.70. The maximum Gasteiger partial charge on any atom is 0.422 e.